The maximum Gasteiger partial charge on any atom is 0.266 e. The molecule has 0 bridgehead atoms. The number of hydrogen-bond acceptors (Lipinski definition) is 5. The molecule has 0 aliphatic carbocycles. The van der Waals surface area contributed by atoms with E-state index in [1.807, 2.05) is 12.1 Å². The molecule has 0 fully saturated rings. The van der Waals surface area contributed by atoms with Gasteiger partial charge in [0.15, 0.2) is 5.54 Å². The van der Waals surface area contributed by atoms with E-state index in [0.29, 0.717) is 22.7 Å². The van der Waals surface area contributed by atoms with Gasteiger partial charge in [0.2, 0.25) is 11.8 Å². The van der Waals surface area contributed by atoms with Crippen LogP contribution in [-0.2, 0) is 19.9 Å². The molecule has 0 radical (unpaired) electrons. The molecule has 1 spiro atoms. The molecule has 0 N–H and O–H groups in total. The zero-order valence-electron chi connectivity index (χ0n) is 15.8. The van der Waals surface area contributed by atoms with Crippen molar-refractivity contribution in [2.45, 2.75) is 25.8 Å². The summed E-state index contributed by atoms with van der Waals surface area (Å²) in [7, 11) is 1.58. The molecule has 7 nitrogen and oxygen atoms in total. The molecule has 4 rings (SSSR count). The van der Waals surface area contributed by atoms with Crippen molar-refractivity contribution in [1.29, 1.82) is 0 Å². The number of carbonyl (C=O) groups excluding carboxylic acids is 3. The minimum Gasteiger partial charge on any atom is -0.497 e. The van der Waals surface area contributed by atoms with Crippen LogP contribution in [-0.4, -0.2) is 35.6 Å². The highest BCUT2D eigenvalue weighted by atomic mass is 16.5. The molecule has 2 aliphatic heterocycles. The van der Waals surface area contributed by atoms with Crippen molar-refractivity contribution < 1.29 is 19.1 Å². The Morgan fingerprint density at radius 2 is 1.71 bits per heavy atom. The summed E-state index contributed by atoms with van der Waals surface area (Å²) in [6.07, 6.45) is 0.193. The summed E-state index contributed by atoms with van der Waals surface area (Å²) in [4.78, 5) is 39.2. The molecule has 2 aromatic rings. The highest BCUT2D eigenvalue weighted by molar-refractivity contribution is 6.25. The predicted octanol–water partition coefficient (Wildman–Crippen LogP) is 2.44. The second kappa shape index (κ2) is 6.30. The van der Waals surface area contributed by atoms with E-state index >= 15 is 0 Å². The van der Waals surface area contributed by atoms with Crippen molar-refractivity contribution >= 4 is 29.1 Å². The second-order valence-corrected chi connectivity index (χ2v) is 6.82. The number of methoxy groups -OCH3 is 1. The normalized spacial score (nSPS) is 20.4. The largest absolute Gasteiger partial charge is 0.497 e. The molecule has 0 saturated heterocycles. The molecule has 28 heavy (non-hydrogen) atoms. The zero-order valence-corrected chi connectivity index (χ0v) is 15.8. The van der Waals surface area contributed by atoms with Crippen LogP contribution in [0.2, 0.25) is 0 Å². The molecular weight excluding hydrogens is 358 g/mol. The second-order valence-electron chi connectivity index (χ2n) is 6.82. The van der Waals surface area contributed by atoms with Crippen LogP contribution in [0.15, 0.2) is 53.6 Å². The van der Waals surface area contributed by atoms with E-state index in [9.17, 15) is 14.4 Å². The number of anilines is 1. The van der Waals surface area contributed by atoms with E-state index in [1.54, 1.807) is 43.5 Å². The first kappa shape index (κ1) is 17.9. The minimum absolute atomic E-state index is 0.193. The Labute approximate surface area is 162 Å². The van der Waals surface area contributed by atoms with Crippen LogP contribution in [0.25, 0.3) is 0 Å². The van der Waals surface area contributed by atoms with E-state index < -0.39 is 17.4 Å². The van der Waals surface area contributed by atoms with Crippen molar-refractivity contribution in [1.82, 2.24) is 5.01 Å². The Balaban J connectivity index is 1.86. The summed E-state index contributed by atoms with van der Waals surface area (Å²) < 4.78 is 5.19. The lowest BCUT2D eigenvalue weighted by Gasteiger charge is -2.30. The monoisotopic (exact) mass is 377 g/mol. The topological polar surface area (TPSA) is 79.3 Å². The predicted molar refractivity (Wildman–Crippen MR) is 103 cm³/mol. The Morgan fingerprint density at radius 3 is 2.32 bits per heavy atom. The number of rotatable bonds is 2. The Morgan fingerprint density at radius 1 is 1.04 bits per heavy atom. The van der Waals surface area contributed by atoms with Crippen molar-refractivity contribution in [2.24, 2.45) is 5.10 Å². The first-order valence-electron chi connectivity index (χ1n) is 8.87. The minimum atomic E-state index is -1.34. The van der Waals surface area contributed by atoms with Crippen LogP contribution >= 0.6 is 0 Å². The fourth-order valence-electron chi connectivity index (χ4n) is 3.96. The summed E-state index contributed by atoms with van der Waals surface area (Å²) in [6, 6.07) is 14.3. The molecular formula is C21H19N3O4. The molecule has 0 aromatic heterocycles. The average molecular weight is 377 g/mol. The van der Waals surface area contributed by atoms with Crippen molar-refractivity contribution in [3.05, 3.63) is 59.7 Å². The van der Waals surface area contributed by atoms with E-state index in [4.69, 9.17) is 4.74 Å². The van der Waals surface area contributed by atoms with E-state index in [1.165, 1.54) is 18.9 Å². The third-order valence-electron chi connectivity index (χ3n) is 5.19. The van der Waals surface area contributed by atoms with Crippen molar-refractivity contribution in [3.63, 3.8) is 0 Å². The van der Waals surface area contributed by atoms with Gasteiger partial charge in [0.05, 0.1) is 18.5 Å². The SMILES string of the molecule is COc1ccc(C2=NN(C(C)=O)[C@]3(C2)C(=O)N(C(C)=O)c2ccccc23)cc1. The average Bonchev–Trinajstić information content (AvgIpc) is 3.20. The number of hydrogen-bond donors (Lipinski definition) is 0. The molecule has 2 aromatic carbocycles. The summed E-state index contributed by atoms with van der Waals surface area (Å²) in [6.45, 7) is 2.71. The number of ether oxygens (including phenoxy) is 1. The Hall–Kier alpha value is -3.48. The van der Waals surface area contributed by atoms with Crippen molar-refractivity contribution in [2.75, 3.05) is 12.0 Å². The fraction of sp³-hybridized carbons (Fsp3) is 0.238. The summed E-state index contributed by atoms with van der Waals surface area (Å²) in [5.41, 5.74) is 1.15. The molecule has 2 heterocycles. The molecule has 7 heteroatoms. The van der Waals surface area contributed by atoms with Crippen LogP contribution in [0.5, 0.6) is 5.75 Å². The van der Waals surface area contributed by atoms with Gasteiger partial charge in [-0.2, -0.15) is 5.10 Å². The van der Waals surface area contributed by atoms with Crippen LogP contribution in [0, 0.1) is 0 Å². The van der Waals surface area contributed by atoms with Gasteiger partial charge in [-0.25, -0.2) is 9.91 Å². The van der Waals surface area contributed by atoms with Gasteiger partial charge < -0.3 is 4.74 Å². The molecule has 0 saturated carbocycles. The number of hydrazone groups is 1. The fourth-order valence-corrected chi connectivity index (χ4v) is 3.96. The zero-order chi connectivity index (χ0) is 20.1. The van der Waals surface area contributed by atoms with Gasteiger partial charge in [-0.1, -0.05) is 18.2 Å². The number of carbonyl (C=O) groups is 3. The van der Waals surface area contributed by atoms with Gasteiger partial charge in [-0.3, -0.25) is 14.4 Å². The van der Waals surface area contributed by atoms with Gasteiger partial charge >= 0.3 is 0 Å². The lowest BCUT2D eigenvalue weighted by molar-refractivity contribution is -0.144. The molecule has 2 aliphatic rings. The number of imide groups is 1. The maximum absolute atomic E-state index is 13.4. The van der Waals surface area contributed by atoms with E-state index in [2.05, 4.69) is 5.10 Å². The number of para-hydroxylation sites is 1. The molecule has 1 atom stereocenters. The van der Waals surface area contributed by atoms with Crippen molar-refractivity contribution in [3.8, 4) is 5.75 Å². The van der Waals surface area contributed by atoms with E-state index in [-0.39, 0.29) is 12.3 Å². The van der Waals surface area contributed by atoms with Crippen LogP contribution in [0.1, 0.15) is 31.4 Å². The van der Waals surface area contributed by atoms with E-state index in [0.717, 1.165) is 10.5 Å². The van der Waals surface area contributed by atoms with Gasteiger partial charge in [0.25, 0.3) is 5.91 Å². The van der Waals surface area contributed by atoms with Gasteiger partial charge in [0, 0.05) is 25.8 Å². The summed E-state index contributed by atoms with van der Waals surface area (Å²) >= 11 is 0. The van der Waals surface area contributed by atoms with Gasteiger partial charge in [0.1, 0.15) is 5.75 Å². The van der Waals surface area contributed by atoms with Gasteiger partial charge in [-0.15, -0.1) is 0 Å². The smallest absolute Gasteiger partial charge is 0.266 e. The Bertz CT molecular complexity index is 1030. The van der Waals surface area contributed by atoms with Crippen LogP contribution in [0.3, 0.4) is 0 Å². The number of fused-ring (bicyclic) bond motifs is 2. The number of amides is 3. The highest BCUT2D eigenvalue weighted by Gasteiger charge is 2.60. The maximum atomic E-state index is 13.4. The summed E-state index contributed by atoms with van der Waals surface area (Å²) in [5.74, 6) is -0.512. The molecule has 142 valence electrons. The first-order valence-corrected chi connectivity index (χ1v) is 8.87. The van der Waals surface area contributed by atoms with Gasteiger partial charge in [-0.05, 0) is 35.9 Å². The third kappa shape index (κ3) is 2.36. The number of benzene rings is 2. The first-order chi connectivity index (χ1) is 13.4. The number of nitrogens with zero attached hydrogens (tertiary/aromatic N) is 3. The lowest BCUT2D eigenvalue weighted by atomic mass is 9.85. The Kier molecular flexibility index (Phi) is 4.03. The lowest BCUT2D eigenvalue weighted by Crippen LogP contribution is -2.51. The molecule has 0 unspecified atom stereocenters. The standard InChI is InChI=1S/C21H19N3O4/c1-13(25)23-19-7-5-4-6-17(19)21(20(23)27)12-18(22-24(21)14(2)26)15-8-10-16(28-3)11-9-15/h4-11H,12H2,1-3H3/t21-/m0/s1. The summed E-state index contributed by atoms with van der Waals surface area (Å²) in [5, 5.41) is 5.71. The third-order valence-corrected chi connectivity index (χ3v) is 5.19. The quantitative estimate of drug-likeness (QED) is 0.805. The van der Waals surface area contributed by atoms with Crippen LogP contribution in [0.4, 0.5) is 5.69 Å². The molecule has 3 amide bonds. The highest BCUT2D eigenvalue weighted by Crippen LogP contribution is 2.49. The van der Waals surface area contributed by atoms with Crippen LogP contribution < -0.4 is 9.64 Å².